The molecule has 2 heterocycles. The number of hydrogen-bond acceptors (Lipinski definition) is 5. The number of halogens is 1. The maximum absolute atomic E-state index is 13.1. The molecule has 0 aliphatic carbocycles. The summed E-state index contributed by atoms with van der Waals surface area (Å²) in [6, 6.07) is 16.0. The summed E-state index contributed by atoms with van der Waals surface area (Å²) in [6.07, 6.45) is 0.834. The Morgan fingerprint density at radius 1 is 1.07 bits per heavy atom. The van der Waals surface area contributed by atoms with Crippen LogP contribution in [-0.2, 0) is 9.84 Å². The first-order valence-electron chi connectivity index (χ1n) is 9.68. The van der Waals surface area contributed by atoms with Crippen molar-refractivity contribution >= 4 is 38.7 Å². The van der Waals surface area contributed by atoms with Gasteiger partial charge in [-0.15, -0.1) is 11.3 Å². The highest BCUT2D eigenvalue weighted by Gasteiger charge is 2.33. The van der Waals surface area contributed by atoms with E-state index in [-0.39, 0.29) is 10.8 Å². The predicted molar refractivity (Wildman–Crippen MR) is 120 cm³/mol. The summed E-state index contributed by atoms with van der Waals surface area (Å²) in [5.74, 6) is -0.0745. The minimum Gasteiger partial charge on any atom is -0.338 e. The average molecular weight is 461 g/mol. The van der Waals surface area contributed by atoms with E-state index >= 15 is 0 Å². The number of benzene rings is 2. The highest BCUT2D eigenvalue weighted by Crippen LogP contribution is 2.31. The number of nitrogens with zero attached hydrogens (tertiary/aromatic N) is 2. The number of likely N-dealkylation sites (tertiary alicyclic amines) is 1. The third-order valence-corrected chi connectivity index (χ3v) is 9.05. The summed E-state index contributed by atoms with van der Waals surface area (Å²) in [5.41, 5.74) is 1.69. The van der Waals surface area contributed by atoms with E-state index in [4.69, 9.17) is 11.6 Å². The van der Waals surface area contributed by atoms with Crippen LogP contribution in [0.4, 0.5) is 0 Å². The Hall–Kier alpha value is -2.22. The van der Waals surface area contributed by atoms with E-state index in [2.05, 4.69) is 4.98 Å². The second-order valence-corrected chi connectivity index (χ2v) is 11.0. The van der Waals surface area contributed by atoms with E-state index in [1.54, 1.807) is 29.2 Å². The van der Waals surface area contributed by atoms with E-state index in [9.17, 15) is 13.2 Å². The van der Waals surface area contributed by atoms with Crippen molar-refractivity contribution in [2.24, 2.45) is 0 Å². The maximum Gasteiger partial charge on any atom is 0.265 e. The van der Waals surface area contributed by atoms with E-state index < -0.39 is 15.1 Å². The molecule has 30 heavy (non-hydrogen) atoms. The Morgan fingerprint density at radius 2 is 1.70 bits per heavy atom. The van der Waals surface area contributed by atoms with Gasteiger partial charge in [0.2, 0.25) is 0 Å². The standard InChI is InChI=1S/C22H21ClN2O3S2/c1-15-20(29-21(24-15)16-5-3-2-4-6-16)22(26)25-13-11-19(12-14-25)30(27,28)18-9-7-17(23)8-10-18/h2-10,19H,11-14H2,1H3. The predicted octanol–water partition coefficient (Wildman–Crippen LogP) is 4.85. The molecule has 8 heteroatoms. The molecule has 156 valence electrons. The van der Waals surface area contributed by atoms with Crippen LogP contribution in [-0.4, -0.2) is 42.5 Å². The molecule has 4 rings (SSSR count). The van der Waals surface area contributed by atoms with Gasteiger partial charge in [0.15, 0.2) is 9.84 Å². The van der Waals surface area contributed by atoms with Crippen molar-refractivity contribution in [1.29, 1.82) is 0 Å². The molecular formula is C22H21ClN2O3S2. The number of rotatable bonds is 4. The summed E-state index contributed by atoms with van der Waals surface area (Å²) in [4.78, 5) is 20.3. The molecule has 0 saturated carbocycles. The van der Waals surface area contributed by atoms with E-state index in [0.29, 0.717) is 41.5 Å². The second-order valence-electron chi connectivity index (χ2n) is 7.29. The molecule has 1 fully saturated rings. The van der Waals surface area contributed by atoms with Crippen LogP contribution < -0.4 is 0 Å². The Balaban J connectivity index is 1.46. The molecule has 1 amide bonds. The zero-order valence-corrected chi connectivity index (χ0v) is 18.8. The molecule has 1 aliphatic rings. The Labute approximate surface area is 185 Å². The molecular weight excluding hydrogens is 440 g/mol. The van der Waals surface area contributed by atoms with E-state index in [1.807, 2.05) is 37.3 Å². The van der Waals surface area contributed by atoms with Crippen molar-refractivity contribution in [3.63, 3.8) is 0 Å². The topological polar surface area (TPSA) is 67.3 Å². The molecule has 1 aliphatic heterocycles. The first-order chi connectivity index (χ1) is 14.4. The quantitative estimate of drug-likeness (QED) is 0.558. The lowest BCUT2D eigenvalue weighted by molar-refractivity contribution is 0.0729. The van der Waals surface area contributed by atoms with Crippen LogP contribution in [0.1, 0.15) is 28.2 Å². The Morgan fingerprint density at radius 3 is 2.33 bits per heavy atom. The van der Waals surface area contributed by atoms with Crippen LogP contribution in [0.2, 0.25) is 5.02 Å². The molecule has 5 nitrogen and oxygen atoms in total. The summed E-state index contributed by atoms with van der Waals surface area (Å²) >= 11 is 7.26. The van der Waals surface area contributed by atoms with Gasteiger partial charge in [0, 0.05) is 23.7 Å². The molecule has 0 atom stereocenters. The monoisotopic (exact) mass is 460 g/mol. The number of amides is 1. The van der Waals surface area contributed by atoms with Crippen LogP contribution in [0.3, 0.4) is 0 Å². The normalized spacial score (nSPS) is 15.3. The fraction of sp³-hybridized carbons (Fsp3) is 0.273. The molecule has 1 aromatic heterocycles. The number of aromatic nitrogens is 1. The maximum atomic E-state index is 13.1. The largest absolute Gasteiger partial charge is 0.338 e. The minimum atomic E-state index is -3.44. The van der Waals surface area contributed by atoms with E-state index in [0.717, 1.165) is 10.6 Å². The Kier molecular flexibility index (Phi) is 5.95. The average Bonchev–Trinajstić information content (AvgIpc) is 3.16. The molecule has 0 spiro atoms. The van der Waals surface area contributed by atoms with Gasteiger partial charge in [0.1, 0.15) is 9.88 Å². The zero-order chi connectivity index (χ0) is 21.3. The van der Waals surface area contributed by atoms with Crippen LogP contribution in [0.15, 0.2) is 59.5 Å². The lowest BCUT2D eigenvalue weighted by Crippen LogP contribution is -2.42. The van der Waals surface area contributed by atoms with Crippen molar-refractivity contribution in [3.05, 3.63) is 70.2 Å². The number of piperidine rings is 1. The van der Waals surface area contributed by atoms with Crippen molar-refractivity contribution in [2.45, 2.75) is 29.9 Å². The van der Waals surface area contributed by atoms with Gasteiger partial charge in [-0.2, -0.15) is 0 Å². The number of hydrogen-bond donors (Lipinski definition) is 0. The lowest BCUT2D eigenvalue weighted by atomic mass is 10.1. The molecule has 3 aromatic rings. The first-order valence-corrected chi connectivity index (χ1v) is 12.4. The number of carbonyl (C=O) groups is 1. The Bertz CT molecular complexity index is 1150. The summed E-state index contributed by atoms with van der Waals surface area (Å²) < 4.78 is 25.8. The SMILES string of the molecule is Cc1nc(-c2ccccc2)sc1C(=O)N1CCC(S(=O)(=O)c2ccc(Cl)cc2)CC1. The molecule has 0 N–H and O–H groups in total. The number of carbonyl (C=O) groups excluding carboxylic acids is 1. The van der Waals surface area contributed by atoms with Crippen molar-refractivity contribution in [3.8, 4) is 10.6 Å². The van der Waals surface area contributed by atoms with Gasteiger partial charge in [-0.25, -0.2) is 13.4 Å². The zero-order valence-electron chi connectivity index (χ0n) is 16.4. The van der Waals surface area contributed by atoms with Gasteiger partial charge >= 0.3 is 0 Å². The third kappa shape index (κ3) is 4.15. The van der Waals surface area contributed by atoms with Crippen molar-refractivity contribution < 1.29 is 13.2 Å². The van der Waals surface area contributed by atoms with Crippen LogP contribution >= 0.6 is 22.9 Å². The first kappa shape index (κ1) is 21.0. The highest BCUT2D eigenvalue weighted by molar-refractivity contribution is 7.92. The van der Waals surface area contributed by atoms with Crippen LogP contribution in [0, 0.1) is 6.92 Å². The minimum absolute atomic E-state index is 0.0745. The fourth-order valence-electron chi connectivity index (χ4n) is 3.63. The summed E-state index contributed by atoms with van der Waals surface area (Å²) in [6.45, 7) is 2.66. The van der Waals surface area contributed by atoms with Gasteiger partial charge < -0.3 is 4.90 Å². The van der Waals surface area contributed by atoms with Gasteiger partial charge in [0.25, 0.3) is 5.91 Å². The number of sulfone groups is 1. The van der Waals surface area contributed by atoms with Crippen LogP contribution in [0.5, 0.6) is 0 Å². The van der Waals surface area contributed by atoms with Crippen molar-refractivity contribution in [2.75, 3.05) is 13.1 Å². The van der Waals surface area contributed by atoms with Crippen LogP contribution in [0.25, 0.3) is 10.6 Å². The molecule has 1 saturated heterocycles. The highest BCUT2D eigenvalue weighted by atomic mass is 35.5. The third-order valence-electron chi connectivity index (χ3n) is 5.32. The molecule has 2 aromatic carbocycles. The molecule has 0 radical (unpaired) electrons. The smallest absolute Gasteiger partial charge is 0.265 e. The van der Waals surface area contributed by atoms with Crippen molar-refractivity contribution in [1.82, 2.24) is 9.88 Å². The molecule has 0 unspecified atom stereocenters. The van der Waals surface area contributed by atoms with Gasteiger partial charge in [-0.05, 0) is 44.0 Å². The van der Waals surface area contributed by atoms with Gasteiger partial charge in [0.05, 0.1) is 15.8 Å². The van der Waals surface area contributed by atoms with Gasteiger partial charge in [-0.1, -0.05) is 41.9 Å². The molecule has 0 bridgehead atoms. The summed E-state index contributed by atoms with van der Waals surface area (Å²) in [7, 11) is -3.44. The van der Waals surface area contributed by atoms with Gasteiger partial charge in [-0.3, -0.25) is 4.79 Å². The second kappa shape index (κ2) is 8.49. The van der Waals surface area contributed by atoms with E-state index in [1.165, 1.54) is 11.3 Å². The number of thiazole rings is 1. The summed E-state index contributed by atoms with van der Waals surface area (Å²) in [5, 5.41) is 0.825. The number of aryl methyl sites for hydroxylation is 1. The fourth-order valence-corrected chi connectivity index (χ4v) is 6.53. The lowest BCUT2D eigenvalue weighted by Gasteiger charge is -2.31.